The third kappa shape index (κ3) is 8.40. The van der Waals surface area contributed by atoms with Crippen molar-refractivity contribution in [3.8, 4) is 0 Å². The highest BCUT2D eigenvalue weighted by molar-refractivity contribution is 7.99. The van der Waals surface area contributed by atoms with Gasteiger partial charge in [0.25, 0.3) is 0 Å². The molecule has 1 N–H and O–H groups in total. The van der Waals surface area contributed by atoms with Gasteiger partial charge in [-0.1, -0.05) is 72.4 Å². The lowest BCUT2D eigenvalue weighted by atomic mass is 10.1. The molecule has 0 saturated heterocycles. The van der Waals surface area contributed by atoms with Gasteiger partial charge >= 0.3 is 0 Å². The number of amides is 2. The Hall–Kier alpha value is -1.69. The second-order valence-corrected chi connectivity index (χ2v) is 9.37. The number of hydrogen-bond donors (Lipinski definition) is 1. The molecule has 0 radical (unpaired) electrons. The van der Waals surface area contributed by atoms with Crippen molar-refractivity contribution < 1.29 is 9.59 Å². The van der Waals surface area contributed by atoms with Crippen LogP contribution >= 0.6 is 35.0 Å². The Morgan fingerprint density at radius 3 is 2.39 bits per heavy atom. The first-order chi connectivity index (χ1) is 14.8. The Balaban J connectivity index is 2.04. The average Bonchev–Trinajstić information content (AvgIpc) is 2.75. The van der Waals surface area contributed by atoms with Crippen LogP contribution in [0.2, 0.25) is 10.0 Å². The standard InChI is InChI=1S/C24H30Cl2N2O2S/c1-4-5-12-27-24(30)18(3)28(14-19-8-6-17(2)7-9-19)23(29)16-31-15-20-10-11-21(25)22(26)13-20/h6-11,13,18H,4-5,12,14-16H2,1-3H3,(H,27,30)/t18-/m1/s1. The lowest BCUT2D eigenvalue weighted by molar-refractivity contribution is -0.138. The van der Waals surface area contributed by atoms with Crippen LogP contribution in [-0.4, -0.2) is 35.1 Å². The third-order valence-corrected chi connectivity index (χ3v) is 6.68. The zero-order chi connectivity index (χ0) is 22.8. The van der Waals surface area contributed by atoms with Crippen molar-refractivity contribution in [3.05, 3.63) is 69.2 Å². The fraction of sp³-hybridized carbons (Fsp3) is 0.417. The van der Waals surface area contributed by atoms with Gasteiger partial charge in [-0.3, -0.25) is 9.59 Å². The van der Waals surface area contributed by atoms with Crippen LogP contribution in [0.1, 0.15) is 43.4 Å². The summed E-state index contributed by atoms with van der Waals surface area (Å²) in [7, 11) is 0. The van der Waals surface area contributed by atoms with Crippen LogP contribution in [0.5, 0.6) is 0 Å². The molecule has 0 fully saturated rings. The molecular formula is C24H30Cl2N2O2S. The van der Waals surface area contributed by atoms with E-state index in [1.807, 2.05) is 43.3 Å². The molecule has 2 aromatic rings. The second-order valence-electron chi connectivity index (χ2n) is 7.57. The van der Waals surface area contributed by atoms with Crippen LogP contribution in [-0.2, 0) is 21.9 Å². The van der Waals surface area contributed by atoms with Gasteiger partial charge in [0.05, 0.1) is 15.8 Å². The van der Waals surface area contributed by atoms with Gasteiger partial charge in [-0.15, -0.1) is 11.8 Å². The summed E-state index contributed by atoms with van der Waals surface area (Å²) >= 11 is 13.5. The fourth-order valence-electron chi connectivity index (χ4n) is 2.98. The normalized spacial score (nSPS) is 11.8. The van der Waals surface area contributed by atoms with E-state index in [-0.39, 0.29) is 17.6 Å². The number of hydrogen-bond acceptors (Lipinski definition) is 3. The number of nitrogens with one attached hydrogen (secondary N) is 1. The number of benzene rings is 2. The number of aryl methyl sites for hydroxylation is 1. The first-order valence-corrected chi connectivity index (χ1v) is 12.4. The molecular weight excluding hydrogens is 451 g/mol. The number of thioether (sulfide) groups is 1. The minimum Gasteiger partial charge on any atom is -0.354 e. The van der Waals surface area contributed by atoms with E-state index in [4.69, 9.17) is 23.2 Å². The Morgan fingerprint density at radius 1 is 1.06 bits per heavy atom. The van der Waals surface area contributed by atoms with Gasteiger partial charge < -0.3 is 10.2 Å². The molecule has 0 aliphatic rings. The minimum atomic E-state index is -0.545. The van der Waals surface area contributed by atoms with E-state index in [0.29, 0.717) is 28.9 Å². The van der Waals surface area contributed by atoms with Gasteiger partial charge in [-0.05, 0) is 43.5 Å². The smallest absolute Gasteiger partial charge is 0.242 e. The van der Waals surface area contributed by atoms with Crippen molar-refractivity contribution in [3.63, 3.8) is 0 Å². The van der Waals surface area contributed by atoms with Gasteiger partial charge in [0.1, 0.15) is 6.04 Å². The number of rotatable bonds is 11. The van der Waals surface area contributed by atoms with Crippen molar-refractivity contribution in [1.82, 2.24) is 10.2 Å². The Kier molecular flexibility index (Phi) is 10.7. The summed E-state index contributed by atoms with van der Waals surface area (Å²) in [5.74, 6) is 0.726. The molecule has 2 rings (SSSR count). The molecule has 7 heteroatoms. The average molecular weight is 481 g/mol. The Morgan fingerprint density at radius 2 is 1.74 bits per heavy atom. The number of halogens is 2. The summed E-state index contributed by atoms with van der Waals surface area (Å²) in [6.45, 7) is 6.91. The SMILES string of the molecule is CCCCNC(=O)[C@@H](C)N(Cc1ccc(C)cc1)C(=O)CSCc1ccc(Cl)c(Cl)c1. The highest BCUT2D eigenvalue weighted by Gasteiger charge is 2.25. The van der Waals surface area contributed by atoms with Crippen molar-refractivity contribution >= 4 is 46.8 Å². The fourth-order valence-corrected chi connectivity index (χ4v) is 4.16. The maximum Gasteiger partial charge on any atom is 0.242 e. The predicted molar refractivity (Wildman–Crippen MR) is 132 cm³/mol. The molecule has 0 spiro atoms. The molecule has 2 aromatic carbocycles. The summed E-state index contributed by atoms with van der Waals surface area (Å²) < 4.78 is 0. The lowest BCUT2D eigenvalue weighted by Crippen LogP contribution is -2.48. The highest BCUT2D eigenvalue weighted by Crippen LogP contribution is 2.25. The Labute approximate surface area is 199 Å². The van der Waals surface area contributed by atoms with Crippen molar-refractivity contribution in [2.24, 2.45) is 0 Å². The van der Waals surface area contributed by atoms with Gasteiger partial charge in [0, 0.05) is 18.8 Å². The maximum absolute atomic E-state index is 13.1. The van der Waals surface area contributed by atoms with Crippen LogP contribution in [0.4, 0.5) is 0 Å². The molecule has 168 valence electrons. The summed E-state index contributed by atoms with van der Waals surface area (Å²) in [4.78, 5) is 27.4. The zero-order valence-electron chi connectivity index (χ0n) is 18.3. The minimum absolute atomic E-state index is 0.0659. The van der Waals surface area contributed by atoms with E-state index in [9.17, 15) is 9.59 Å². The first kappa shape index (κ1) is 25.6. The molecule has 0 bridgehead atoms. The maximum atomic E-state index is 13.1. The van der Waals surface area contributed by atoms with Crippen LogP contribution < -0.4 is 5.32 Å². The van der Waals surface area contributed by atoms with Crippen molar-refractivity contribution in [2.45, 2.75) is 52.0 Å². The molecule has 1 atom stereocenters. The number of carbonyl (C=O) groups is 2. The van der Waals surface area contributed by atoms with E-state index in [0.717, 1.165) is 29.5 Å². The lowest BCUT2D eigenvalue weighted by Gasteiger charge is -2.29. The molecule has 0 aromatic heterocycles. The molecule has 2 amide bonds. The second kappa shape index (κ2) is 13.0. The zero-order valence-corrected chi connectivity index (χ0v) is 20.6. The third-order valence-electron chi connectivity index (χ3n) is 4.95. The number of unbranched alkanes of at least 4 members (excludes halogenated alkanes) is 1. The topological polar surface area (TPSA) is 49.4 Å². The monoisotopic (exact) mass is 480 g/mol. The number of carbonyl (C=O) groups excluding carboxylic acids is 2. The largest absolute Gasteiger partial charge is 0.354 e. The summed E-state index contributed by atoms with van der Waals surface area (Å²) in [6.07, 6.45) is 1.93. The summed E-state index contributed by atoms with van der Waals surface area (Å²) in [6, 6.07) is 13.0. The predicted octanol–water partition coefficient (Wildman–Crippen LogP) is 5.87. The van der Waals surface area contributed by atoms with E-state index >= 15 is 0 Å². The van der Waals surface area contributed by atoms with Crippen molar-refractivity contribution in [1.29, 1.82) is 0 Å². The quantitative estimate of drug-likeness (QED) is 0.409. The summed E-state index contributed by atoms with van der Waals surface area (Å²) in [5, 5.41) is 3.96. The molecule has 31 heavy (non-hydrogen) atoms. The van der Waals surface area contributed by atoms with E-state index in [1.165, 1.54) is 11.8 Å². The Bertz CT molecular complexity index is 874. The van der Waals surface area contributed by atoms with Crippen LogP contribution in [0, 0.1) is 6.92 Å². The van der Waals surface area contributed by atoms with Crippen LogP contribution in [0.15, 0.2) is 42.5 Å². The van der Waals surface area contributed by atoms with Gasteiger partial charge in [-0.2, -0.15) is 0 Å². The van der Waals surface area contributed by atoms with Gasteiger partial charge in [0.15, 0.2) is 0 Å². The first-order valence-electron chi connectivity index (χ1n) is 10.5. The van der Waals surface area contributed by atoms with Gasteiger partial charge in [-0.25, -0.2) is 0 Å². The van der Waals surface area contributed by atoms with Gasteiger partial charge in [0.2, 0.25) is 11.8 Å². The molecule has 0 heterocycles. The molecule has 0 saturated carbocycles. The number of nitrogens with zero attached hydrogens (tertiary/aromatic N) is 1. The van der Waals surface area contributed by atoms with E-state index in [1.54, 1.807) is 17.9 Å². The van der Waals surface area contributed by atoms with Crippen molar-refractivity contribution in [2.75, 3.05) is 12.3 Å². The molecule has 0 aliphatic carbocycles. The molecule has 4 nitrogen and oxygen atoms in total. The summed E-state index contributed by atoms with van der Waals surface area (Å²) in [5.41, 5.74) is 3.16. The molecule has 0 unspecified atom stereocenters. The van der Waals surface area contributed by atoms with Crippen LogP contribution in [0.25, 0.3) is 0 Å². The van der Waals surface area contributed by atoms with E-state index < -0.39 is 6.04 Å². The highest BCUT2D eigenvalue weighted by atomic mass is 35.5. The van der Waals surface area contributed by atoms with Crippen LogP contribution in [0.3, 0.4) is 0 Å². The molecule has 0 aliphatic heterocycles. The van der Waals surface area contributed by atoms with E-state index in [2.05, 4.69) is 12.2 Å².